The van der Waals surface area contributed by atoms with Gasteiger partial charge in [-0.3, -0.25) is 9.78 Å². The Bertz CT molecular complexity index is 1230. The monoisotopic (exact) mass is 474 g/mol. The van der Waals surface area contributed by atoms with Gasteiger partial charge in [-0.2, -0.15) is 0 Å². The van der Waals surface area contributed by atoms with Crippen molar-refractivity contribution >= 4 is 35.3 Å². The number of benzene rings is 2. The smallest absolute Gasteiger partial charge is 0.415 e. The summed E-state index contributed by atoms with van der Waals surface area (Å²) in [5.41, 5.74) is 8.53. The molecule has 0 fully saturated rings. The number of hydrogen-bond acceptors (Lipinski definition) is 8. The van der Waals surface area contributed by atoms with Crippen molar-refractivity contribution in [1.82, 2.24) is 10.3 Å². The van der Waals surface area contributed by atoms with Crippen molar-refractivity contribution in [3.8, 4) is 0 Å². The molecular weight excluding hydrogens is 452 g/mol. The second kappa shape index (κ2) is 12.3. The summed E-state index contributed by atoms with van der Waals surface area (Å²) in [4.78, 5) is 51.4. The van der Waals surface area contributed by atoms with Gasteiger partial charge in [-0.25, -0.2) is 14.4 Å². The van der Waals surface area contributed by atoms with Gasteiger partial charge in [-0.05, 0) is 35.9 Å². The Morgan fingerprint density at radius 3 is 2.34 bits per heavy atom. The summed E-state index contributed by atoms with van der Waals surface area (Å²) >= 11 is 0. The summed E-state index contributed by atoms with van der Waals surface area (Å²) in [7, 11) is 0. The van der Waals surface area contributed by atoms with Crippen LogP contribution >= 0.6 is 0 Å². The lowest BCUT2D eigenvalue weighted by molar-refractivity contribution is -0.139. The highest BCUT2D eigenvalue weighted by molar-refractivity contribution is 6.05. The summed E-state index contributed by atoms with van der Waals surface area (Å²) < 4.78 is 9.50. The van der Waals surface area contributed by atoms with Crippen molar-refractivity contribution in [2.24, 2.45) is 0 Å². The number of amides is 2. The van der Waals surface area contributed by atoms with Gasteiger partial charge >= 0.3 is 18.0 Å². The SMILES string of the molecule is Nc1ccccc1NC(=O)c1ccc(CNC(=O)OC(=O)/C=C\C(=O)OCc2cccnc2)cc1. The number of carbonyl (C=O) groups is 4. The van der Waals surface area contributed by atoms with Crippen molar-refractivity contribution < 1.29 is 28.7 Å². The van der Waals surface area contributed by atoms with E-state index in [2.05, 4.69) is 20.4 Å². The van der Waals surface area contributed by atoms with E-state index in [0.29, 0.717) is 28.1 Å². The van der Waals surface area contributed by atoms with Crippen LogP contribution in [-0.2, 0) is 32.2 Å². The largest absolute Gasteiger partial charge is 0.458 e. The molecule has 4 N–H and O–H groups in total. The van der Waals surface area contributed by atoms with E-state index >= 15 is 0 Å². The molecule has 0 bridgehead atoms. The Labute approximate surface area is 200 Å². The molecule has 0 aliphatic rings. The molecule has 0 saturated carbocycles. The van der Waals surface area contributed by atoms with Gasteiger partial charge in [0.2, 0.25) is 0 Å². The van der Waals surface area contributed by atoms with Gasteiger partial charge in [0.15, 0.2) is 0 Å². The van der Waals surface area contributed by atoms with Crippen LogP contribution in [0.2, 0.25) is 0 Å². The second-order valence-electron chi connectivity index (χ2n) is 7.10. The number of para-hydroxylation sites is 2. The van der Waals surface area contributed by atoms with Crippen LogP contribution in [0.5, 0.6) is 0 Å². The van der Waals surface area contributed by atoms with Gasteiger partial charge in [0.25, 0.3) is 5.91 Å². The number of hydrogen-bond donors (Lipinski definition) is 3. The van der Waals surface area contributed by atoms with E-state index in [0.717, 1.165) is 12.2 Å². The molecule has 0 unspecified atom stereocenters. The molecular formula is C25H22N4O6. The summed E-state index contributed by atoms with van der Waals surface area (Å²) in [5, 5.41) is 5.12. The van der Waals surface area contributed by atoms with Crippen molar-refractivity contribution in [2.45, 2.75) is 13.2 Å². The molecule has 3 rings (SSSR count). The van der Waals surface area contributed by atoms with Crippen molar-refractivity contribution in [1.29, 1.82) is 0 Å². The van der Waals surface area contributed by atoms with E-state index in [4.69, 9.17) is 10.5 Å². The van der Waals surface area contributed by atoms with Crippen LogP contribution < -0.4 is 16.4 Å². The zero-order valence-electron chi connectivity index (χ0n) is 18.5. The minimum Gasteiger partial charge on any atom is -0.458 e. The fourth-order valence-electron chi connectivity index (χ4n) is 2.74. The maximum atomic E-state index is 12.4. The molecule has 3 aromatic rings. The van der Waals surface area contributed by atoms with Crippen molar-refractivity contribution in [3.05, 3.63) is 102 Å². The number of anilines is 2. The summed E-state index contributed by atoms with van der Waals surface area (Å²) in [6, 6.07) is 16.8. The average Bonchev–Trinajstić information content (AvgIpc) is 2.87. The number of alkyl carbamates (subject to hydrolysis) is 1. The van der Waals surface area contributed by atoms with Gasteiger partial charge in [-0.15, -0.1) is 0 Å². The molecule has 0 saturated heterocycles. The number of pyridine rings is 1. The van der Waals surface area contributed by atoms with Crippen LogP contribution in [0.1, 0.15) is 21.5 Å². The zero-order valence-corrected chi connectivity index (χ0v) is 18.5. The van der Waals surface area contributed by atoms with Crippen LogP contribution in [0.25, 0.3) is 0 Å². The third kappa shape index (κ3) is 8.13. The van der Waals surface area contributed by atoms with Gasteiger partial charge in [0.05, 0.1) is 11.4 Å². The molecule has 2 aromatic carbocycles. The van der Waals surface area contributed by atoms with Gasteiger partial charge in [0, 0.05) is 42.2 Å². The average molecular weight is 474 g/mol. The molecule has 10 heteroatoms. The maximum Gasteiger partial charge on any atom is 0.415 e. The Morgan fingerprint density at radius 2 is 1.63 bits per heavy atom. The number of esters is 2. The predicted octanol–water partition coefficient (Wildman–Crippen LogP) is 2.97. The number of rotatable bonds is 8. The highest BCUT2D eigenvalue weighted by atomic mass is 16.6. The molecule has 0 aliphatic heterocycles. The predicted molar refractivity (Wildman–Crippen MR) is 127 cm³/mol. The van der Waals surface area contributed by atoms with Crippen LogP contribution in [0.3, 0.4) is 0 Å². The van der Waals surface area contributed by atoms with E-state index < -0.39 is 18.0 Å². The third-order valence-electron chi connectivity index (χ3n) is 4.51. The number of carbonyl (C=O) groups excluding carboxylic acids is 4. The number of nitrogens with zero attached hydrogens (tertiary/aromatic N) is 1. The highest BCUT2D eigenvalue weighted by Gasteiger charge is 2.10. The first-order chi connectivity index (χ1) is 16.9. The molecule has 35 heavy (non-hydrogen) atoms. The molecule has 0 radical (unpaired) electrons. The third-order valence-corrected chi connectivity index (χ3v) is 4.51. The maximum absolute atomic E-state index is 12.4. The summed E-state index contributed by atoms with van der Waals surface area (Å²) in [5.74, 6) is -2.14. The van der Waals surface area contributed by atoms with Crippen LogP contribution in [0.15, 0.2) is 85.2 Å². The number of ether oxygens (including phenoxy) is 2. The Morgan fingerprint density at radius 1 is 0.886 bits per heavy atom. The minimum absolute atomic E-state index is 0.00664. The number of nitrogens with two attached hydrogens (primary N) is 1. The first-order valence-electron chi connectivity index (χ1n) is 10.4. The zero-order chi connectivity index (χ0) is 25.0. The Balaban J connectivity index is 1.39. The van der Waals surface area contributed by atoms with Gasteiger partial charge < -0.3 is 25.8 Å². The first kappa shape index (κ1) is 24.6. The van der Waals surface area contributed by atoms with Crippen LogP contribution in [0.4, 0.5) is 16.2 Å². The topological polar surface area (TPSA) is 150 Å². The normalized spacial score (nSPS) is 10.4. The molecule has 0 atom stereocenters. The van der Waals surface area contributed by atoms with Crippen molar-refractivity contribution in [2.75, 3.05) is 11.1 Å². The second-order valence-corrected chi connectivity index (χ2v) is 7.10. The van der Waals surface area contributed by atoms with E-state index in [1.54, 1.807) is 73.1 Å². The molecule has 10 nitrogen and oxygen atoms in total. The number of aromatic nitrogens is 1. The molecule has 0 aliphatic carbocycles. The van der Waals surface area contributed by atoms with Crippen LogP contribution in [-0.4, -0.2) is 28.9 Å². The van der Waals surface area contributed by atoms with Gasteiger partial charge in [-0.1, -0.05) is 30.3 Å². The Kier molecular flexibility index (Phi) is 8.66. The van der Waals surface area contributed by atoms with Gasteiger partial charge in [0.1, 0.15) is 6.61 Å². The molecule has 1 aromatic heterocycles. The standard InChI is InChI=1S/C25H22N4O6/c26-20-5-1-2-6-21(20)29-24(32)19-9-7-17(8-10-19)15-28-25(33)35-23(31)12-11-22(30)34-16-18-4-3-13-27-14-18/h1-14H,15-16,26H2,(H,28,33)(H,29,32)/b12-11-. The van der Waals surface area contributed by atoms with E-state index in [1.165, 1.54) is 0 Å². The molecule has 2 amide bonds. The molecule has 178 valence electrons. The van der Waals surface area contributed by atoms with Crippen molar-refractivity contribution in [3.63, 3.8) is 0 Å². The summed E-state index contributed by atoms with van der Waals surface area (Å²) in [6.07, 6.45) is 3.78. The highest BCUT2D eigenvalue weighted by Crippen LogP contribution is 2.18. The Hall–Kier alpha value is -4.99. The molecule has 1 heterocycles. The lowest BCUT2D eigenvalue weighted by atomic mass is 10.1. The quantitative estimate of drug-likeness (QED) is 0.195. The fraction of sp³-hybridized carbons (Fsp3) is 0.0800. The minimum atomic E-state index is -1.03. The molecule has 0 spiro atoms. The first-order valence-corrected chi connectivity index (χ1v) is 10.4. The van der Waals surface area contributed by atoms with Crippen LogP contribution in [0, 0.1) is 0 Å². The number of nitrogen functional groups attached to an aromatic ring is 1. The van der Waals surface area contributed by atoms with E-state index in [9.17, 15) is 19.2 Å². The number of nitrogens with one attached hydrogen (secondary N) is 2. The van der Waals surface area contributed by atoms with E-state index in [-0.39, 0.29) is 19.1 Å². The van der Waals surface area contributed by atoms with E-state index in [1.807, 2.05) is 0 Å². The summed E-state index contributed by atoms with van der Waals surface area (Å²) in [6.45, 7) is 0.0455. The fourth-order valence-corrected chi connectivity index (χ4v) is 2.74. The lowest BCUT2D eigenvalue weighted by Crippen LogP contribution is -2.25. The lowest BCUT2D eigenvalue weighted by Gasteiger charge is -2.09.